The molecule has 1 aromatic heterocycles. The zero-order valence-electron chi connectivity index (χ0n) is 19.6. The molecule has 0 saturated heterocycles. The molecular formula is C27H22F2N2O6. The fourth-order valence-electron chi connectivity index (χ4n) is 3.37. The molecule has 0 atom stereocenters. The van der Waals surface area contributed by atoms with Gasteiger partial charge in [-0.05, 0) is 49.4 Å². The largest absolute Gasteiger partial charge is 0.493 e. The molecule has 0 spiro atoms. The van der Waals surface area contributed by atoms with E-state index in [1.807, 2.05) is 6.92 Å². The number of rotatable bonds is 10. The molecule has 1 amide bonds. The lowest BCUT2D eigenvalue weighted by Crippen LogP contribution is -2.23. The summed E-state index contributed by atoms with van der Waals surface area (Å²) in [6, 6.07) is 18.9. The molecule has 0 bridgehead atoms. The third-order valence-electron chi connectivity index (χ3n) is 5.03. The Kier molecular flexibility index (Phi) is 8.09. The number of hydrogen-bond acceptors (Lipinski definition) is 7. The van der Waals surface area contributed by atoms with Crippen molar-refractivity contribution in [3.63, 3.8) is 0 Å². The standard InChI is InChI=1S/C27H22F2N2O6/c1-2-34-21-11-7-6-10-20(21)24(32)30-15-19-16-35-25(31-19)18-12-13-22(37-27(28)29)23(14-18)36-26(33)17-8-4-3-5-9-17/h3-14,16,27H,2,15H2,1H3,(H,30,32). The van der Waals surface area contributed by atoms with Crippen LogP contribution in [-0.4, -0.2) is 30.1 Å². The Bertz CT molecular complexity index is 1370. The van der Waals surface area contributed by atoms with Crippen LogP contribution in [0.4, 0.5) is 8.78 Å². The molecule has 0 aliphatic carbocycles. The minimum absolute atomic E-state index is 0.0607. The summed E-state index contributed by atoms with van der Waals surface area (Å²) in [5.41, 5.74) is 1.37. The molecule has 0 fully saturated rings. The van der Waals surface area contributed by atoms with Crippen molar-refractivity contribution < 1.29 is 37.0 Å². The minimum atomic E-state index is -3.12. The maximum absolute atomic E-state index is 12.9. The number of hydrogen-bond donors (Lipinski definition) is 1. The Morgan fingerprint density at radius 3 is 2.49 bits per heavy atom. The topological polar surface area (TPSA) is 99.9 Å². The Labute approximate surface area is 210 Å². The molecule has 0 unspecified atom stereocenters. The van der Waals surface area contributed by atoms with E-state index in [2.05, 4.69) is 15.0 Å². The highest BCUT2D eigenvalue weighted by Gasteiger charge is 2.19. The van der Waals surface area contributed by atoms with Gasteiger partial charge in [0.1, 0.15) is 12.0 Å². The monoisotopic (exact) mass is 508 g/mol. The summed E-state index contributed by atoms with van der Waals surface area (Å²) in [4.78, 5) is 29.4. The molecule has 0 aliphatic rings. The van der Waals surface area contributed by atoms with Gasteiger partial charge in [0, 0.05) is 5.56 Å². The lowest BCUT2D eigenvalue weighted by molar-refractivity contribution is -0.0512. The van der Waals surface area contributed by atoms with E-state index in [-0.39, 0.29) is 35.4 Å². The fraction of sp³-hybridized carbons (Fsp3) is 0.148. The van der Waals surface area contributed by atoms with Crippen LogP contribution < -0.4 is 19.5 Å². The van der Waals surface area contributed by atoms with Crippen LogP contribution in [0.25, 0.3) is 11.5 Å². The van der Waals surface area contributed by atoms with E-state index in [0.717, 1.165) is 0 Å². The summed E-state index contributed by atoms with van der Waals surface area (Å²) in [5.74, 6) is -1.06. The number of carbonyl (C=O) groups is 2. The minimum Gasteiger partial charge on any atom is -0.493 e. The van der Waals surface area contributed by atoms with E-state index in [9.17, 15) is 18.4 Å². The van der Waals surface area contributed by atoms with Gasteiger partial charge in [-0.25, -0.2) is 9.78 Å². The first-order valence-corrected chi connectivity index (χ1v) is 11.3. The van der Waals surface area contributed by atoms with Crippen molar-refractivity contribution in [2.45, 2.75) is 20.1 Å². The summed E-state index contributed by atoms with van der Waals surface area (Å²) in [7, 11) is 0. The van der Waals surface area contributed by atoms with E-state index in [0.29, 0.717) is 29.2 Å². The predicted octanol–water partition coefficient (Wildman–Crippen LogP) is 5.49. The number of nitrogens with one attached hydrogen (secondary N) is 1. The second-order valence-corrected chi connectivity index (χ2v) is 7.55. The molecule has 190 valence electrons. The molecule has 8 nitrogen and oxygen atoms in total. The number of halogens is 2. The molecule has 0 radical (unpaired) electrons. The third-order valence-corrected chi connectivity index (χ3v) is 5.03. The van der Waals surface area contributed by atoms with Crippen LogP contribution in [0.2, 0.25) is 0 Å². The fourth-order valence-corrected chi connectivity index (χ4v) is 3.37. The molecule has 1 N–H and O–H groups in total. The first kappa shape index (κ1) is 25.4. The van der Waals surface area contributed by atoms with E-state index in [1.165, 1.54) is 36.6 Å². The number of benzene rings is 3. The van der Waals surface area contributed by atoms with Crippen LogP contribution in [0.1, 0.15) is 33.3 Å². The van der Waals surface area contributed by atoms with Gasteiger partial charge in [0.25, 0.3) is 5.91 Å². The molecule has 0 saturated carbocycles. The molecule has 10 heteroatoms. The molecule has 4 rings (SSSR count). The first-order chi connectivity index (χ1) is 17.9. The normalized spacial score (nSPS) is 10.7. The lowest BCUT2D eigenvalue weighted by Gasteiger charge is -2.12. The quantitative estimate of drug-likeness (QED) is 0.223. The first-order valence-electron chi connectivity index (χ1n) is 11.3. The van der Waals surface area contributed by atoms with E-state index < -0.39 is 12.6 Å². The number of amides is 1. The van der Waals surface area contributed by atoms with Gasteiger partial charge >= 0.3 is 12.6 Å². The number of carbonyl (C=O) groups excluding carboxylic acids is 2. The average Bonchev–Trinajstić information content (AvgIpc) is 3.38. The average molecular weight is 508 g/mol. The van der Waals surface area contributed by atoms with E-state index in [1.54, 1.807) is 42.5 Å². The van der Waals surface area contributed by atoms with Crippen molar-refractivity contribution in [2.75, 3.05) is 6.61 Å². The number of oxazole rings is 1. The summed E-state index contributed by atoms with van der Waals surface area (Å²) in [6.45, 7) is -0.817. The predicted molar refractivity (Wildman–Crippen MR) is 129 cm³/mol. The lowest BCUT2D eigenvalue weighted by atomic mass is 10.2. The van der Waals surface area contributed by atoms with Gasteiger partial charge in [-0.15, -0.1) is 0 Å². The van der Waals surface area contributed by atoms with E-state index in [4.69, 9.17) is 13.9 Å². The second kappa shape index (κ2) is 11.8. The Morgan fingerprint density at radius 1 is 0.973 bits per heavy atom. The van der Waals surface area contributed by atoms with Crippen LogP contribution >= 0.6 is 0 Å². The van der Waals surface area contributed by atoms with Crippen molar-refractivity contribution in [3.8, 4) is 28.7 Å². The smallest absolute Gasteiger partial charge is 0.387 e. The molecule has 1 heterocycles. The SMILES string of the molecule is CCOc1ccccc1C(=O)NCc1coc(-c2ccc(OC(F)F)c(OC(=O)c3ccccc3)c2)n1. The molecule has 3 aromatic carbocycles. The summed E-state index contributed by atoms with van der Waals surface area (Å²) in [6.07, 6.45) is 1.35. The van der Waals surface area contributed by atoms with Crippen LogP contribution in [0.5, 0.6) is 17.2 Å². The van der Waals surface area contributed by atoms with Crippen LogP contribution in [-0.2, 0) is 6.54 Å². The van der Waals surface area contributed by atoms with Crippen molar-refractivity contribution in [2.24, 2.45) is 0 Å². The molecular weight excluding hydrogens is 486 g/mol. The van der Waals surface area contributed by atoms with Crippen LogP contribution in [0.3, 0.4) is 0 Å². The summed E-state index contributed by atoms with van der Waals surface area (Å²) >= 11 is 0. The third kappa shape index (κ3) is 6.49. The van der Waals surface area contributed by atoms with Crippen molar-refractivity contribution in [1.29, 1.82) is 0 Å². The highest BCUT2D eigenvalue weighted by atomic mass is 19.3. The number of alkyl halides is 2. The van der Waals surface area contributed by atoms with E-state index >= 15 is 0 Å². The summed E-state index contributed by atoms with van der Waals surface area (Å²) < 4.78 is 46.6. The summed E-state index contributed by atoms with van der Waals surface area (Å²) in [5, 5.41) is 2.75. The maximum atomic E-state index is 12.9. The number of para-hydroxylation sites is 1. The molecule has 4 aromatic rings. The number of nitrogens with zero attached hydrogens (tertiary/aromatic N) is 1. The van der Waals surface area contributed by atoms with Gasteiger partial charge in [0.15, 0.2) is 11.5 Å². The highest BCUT2D eigenvalue weighted by molar-refractivity contribution is 5.96. The Hall–Kier alpha value is -4.73. The number of aromatic nitrogens is 1. The van der Waals surface area contributed by atoms with Gasteiger partial charge < -0.3 is 23.9 Å². The van der Waals surface area contributed by atoms with Crippen molar-refractivity contribution >= 4 is 11.9 Å². The molecule has 37 heavy (non-hydrogen) atoms. The van der Waals surface area contributed by atoms with Crippen LogP contribution in [0.15, 0.2) is 83.5 Å². The van der Waals surface area contributed by atoms with Crippen molar-refractivity contribution in [3.05, 3.63) is 95.9 Å². The Morgan fingerprint density at radius 2 is 1.73 bits per heavy atom. The van der Waals surface area contributed by atoms with Gasteiger partial charge in [-0.3, -0.25) is 4.79 Å². The highest BCUT2D eigenvalue weighted by Crippen LogP contribution is 2.34. The van der Waals surface area contributed by atoms with Crippen molar-refractivity contribution in [1.82, 2.24) is 10.3 Å². The van der Waals surface area contributed by atoms with Gasteiger partial charge in [0.05, 0.1) is 30.0 Å². The Balaban J connectivity index is 1.50. The molecule has 0 aliphatic heterocycles. The number of ether oxygens (including phenoxy) is 3. The second-order valence-electron chi connectivity index (χ2n) is 7.55. The number of esters is 1. The van der Waals surface area contributed by atoms with Gasteiger partial charge in [0.2, 0.25) is 5.89 Å². The maximum Gasteiger partial charge on any atom is 0.387 e. The zero-order chi connectivity index (χ0) is 26.2. The van der Waals surface area contributed by atoms with Gasteiger partial charge in [-0.1, -0.05) is 30.3 Å². The van der Waals surface area contributed by atoms with Crippen LogP contribution in [0, 0.1) is 0 Å². The zero-order valence-corrected chi connectivity index (χ0v) is 19.6. The van der Waals surface area contributed by atoms with Gasteiger partial charge in [-0.2, -0.15) is 8.78 Å².